The van der Waals surface area contributed by atoms with Gasteiger partial charge in [-0.2, -0.15) is 5.26 Å². The van der Waals surface area contributed by atoms with E-state index in [2.05, 4.69) is 15.6 Å². The number of halogens is 1. The molecule has 0 saturated carbocycles. The molecular formula is C14H16ClN3O. The van der Waals surface area contributed by atoms with Crippen LogP contribution in [0.3, 0.4) is 0 Å². The first-order chi connectivity index (χ1) is 9.19. The molecule has 4 nitrogen and oxygen atoms in total. The molecule has 0 radical (unpaired) electrons. The van der Waals surface area contributed by atoms with Crippen LogP contribution < -0.4 is 0 Å². The molecule has 2 rings (SSSR count). The first-order valence-electron chi connectivity index (χ1n) is 6.17. The third-order valence-electron chi connectivity index (χ3n) is 3.12. The molecule has 19 heavy (non-hydrogen) atoms. The second-order valence-corrected chi connectivity index (χ2v) is 4.82. The van der Waals surface area contributed by atoms with E-state index in [-0.39, 0.29) is 6.10 Å². The topological polar surface area (TPSA) is 50.8 Å². The third-order valence-corrected chi connectivity index (χ3v) is 3.31. The van der Waals surface area contributed by atoms with Gasteiger partial charge in [0, 0.05) is 19.4 Å². The molecule has 0 amide bonds. The van der Waals surface area contributed by atoms with Crippen molar-refractivity contribution in [1.29, 1.82) is 5.26 Å². The van der Waals surface area contributed by atoms with Crippen molar-refractivity contribution in [2.75, 3.05) is 13.0 Å². The minimum absolute atomic E-state index is 0.0808. The summed E-state index contributed by atoms with van der Waals surface area (Å²) < 4.78 is 7.41. The van der Waals surface area contributed by atoms with Gasteiger partial charge in [0.05, 0.1) is 35.3 Å². The Kier molecular flexibility index (Phi) is 4.41. The van der Waals surface area contributed by atoms with Crippen LogP contribution in [0, 0.1) is 11.3 Å². The number of rotatable bonds is 5. The number of aromatic nitrogens is 2. The lowest BCUT2D eigenvalue weighted by molar-refractivity contribution is 0.103. The Bertz CT molecular complexity index is 615. The van der Waals surface area contributed by atoms with Gasteiger partial charge in [0.2, 0.25) is 0 Å². The normalized spacial score (nSPS) is 12.5. The molecule has 0 spiro atoms. The molecule has 1 unspecified atom stereocenters. The molecule has 1 aromatic carbocycles. The van der Waals surface area contributed by atoms with Crippen LogP contribution in [0.15, 0.2) is 18.2 Å². The van der Waals surface area contributed by atoms with Crippen molar-refractivity contribution >= 4 is 22.6 Å². The first kappa shape index (κ1) is 13.9. The fraction of sp³-hybridized carbons (Fsp3) is 0.429. The Morgan fingerprint density at radius 3 is 2.95 bits per heavy atom. The fourth-order valence-corrected chi connectivity index (χ4v) is 2.22. The number of hydrogen-bond donors (Lipinski definition) is 0. The number of hydrogen-bond acceptors (Lipinski definition) is 3. The van der Waals surface area contributed by atoms with Gasteiger partial charge in [0.1, 0.15) is 5.82 Å². The Morgan fingerprint density at radius 1 is 1.53 bits per heavy atom. The number of benzene rings is 1. The molecule has 0 bridgehead atoms. The average Bonchev–Trinajstić information content (AvgIpc) is 2.76. The van der Waals surface area contributed by atoms with Crippen LogP contribution in [0.1, 0.15) is 18.3 Å². The number of fused-ring (bicyclic) bond motifs is 1. The van der Waals surface area contributed by atoms with E-state index in [0.29, 0.717) is 24.4 Å². The molecule has 5 heteroatoms. The number of methoxy groups -OCH3 is 1. The van der Waals surface area contributed by atoms with Crippen LogP contribution in [0.4, 0.5) is 0 Å². The van der Waals surface area contributed by atoms with Crippen LogP contribution in [-0.2, 0) is 17.7 Å². The van der Waals surface area contributed by atoms with E-state index in [1.54, 1.807) is 13.2 Å². The zero-order chi connectivity index (χ0) is 13.8. The smallest absolute Gasteiger partial charge is 0.111 e. The monoisotopic (exact) mass is 277 g/mol. The minimum atomic E-state index is 0.0808. The van der Waals surface area contributed by atoms with Crippen LogP contribution in [-0.4, -0.2) is 28.6 Å². The average molecular weight is 278 g/mol. The van der Waals surface area contributed by atoms with Gasteiger partial charge in [0.15, 0.2) is 0 Å². The van der Waals surface area contributed by atoms with Crippen molar-refractivity contribution < 1.29 is 4.74 Å². The number of imidazole rings is 1. The lowest BCUT2D eigenvalue weighted by Crippen LogP contribution is -2.17. The zero-order valence-electron chi connectivity index (χ0n) is 11.1. The molecule has 100 valence electrons. The van der Waals surface area contributed by atoms with Gasteiger partial charge in [-0.3, -0.25) is 0 Å². The Balaban J connectivity index is 2.53. The largest absolute Gasteiger partial charge is 0.380 e. The third kappa shape index (κ3) is 2.89. The van der Waals surface area contributed by atoms with Gasteiger partial charge in [-0.05, 0) is 25.1 Å². The predicted octanol–water partition coefficient (Wildman–Crippen LogP) is 2.72. The molecule has 0 aliphatic rings. The van der Waals surface area contributed by atoms with Gasteiger partial charge >= 0.3 is 0 Å². The highest BCUT2D eigenvalue weighted by Gasteiger charge is 2.13. The van der Waals surface area contributed by atoms with Gasteiger partial charge in [-0.25, -0.2) is 4.98 Å². The summed E-state index contributed by atoms with van der Waals surface area (Å²) in [6.45, 7) is 2.71. The van der Waals surface area contributed by atoms with Crippen molar-refractivity contribution in [3.8, 4) is 6.07 Å². The number of aryl methyl sites for hydroxylation is 1. The highest BCUT2D eigenvalue weighted by molar-refractivity contribution is 6.17. The van der Waals surface area contributed by atoms with Crippen molar-refractivity contribution in [3.05, 3.63) is 29.6 Å². The van der Waals surface area contributed by atoms with E-state index in [4.69, 9.17) is 21.6 Å². The number of ether oxygens (including phenoxy) is 1. The SMILES string of the molecule is COC(C)Cn1c(CCCl)nc2ccc(C#N)cc21. The summed E-state index contributed by atoms with van der Waals surface area (Å²) in [4.78, 5) is 4.58. The predicted molar refractivity (Wildman–Crippen MR) is 75.3 cm³/mol. The van der Waals surface area contributed by atoms with E-state index in [9.17, 15) is 0 Å². The van der Waals surface area contributed by atoms with Crippen molar-refractivity contribution in [2.45, 2.75) is 26.0 Å². The minimum Gasteiger partial charge on any atom is -0.380 e. The Morgan fingerprint density at radius 2 is 2.32 bits per heavy atom. The number of nitriles is 1. The van der Waals surface area contributed by atoms with E-state index in [1.807, 2.05) is 19.1 Å². The standard InChI is InChI=1S/C14H16ClN3O/c1-10(19-2)9-18-13-7-11(8-16)3-4-12(13)17-14(18)5-6-15/h3-4,7,10H,5-6,9H2,1-2H3. The summed E-state index contributed by atoms with van der Waals surface area (Å²) in [5, 5.41) is 9.00. The Hall–Kier alpha value is -1.57. The Labute approximate surface area is 117 Å². The van der Waals surface area contributed by atoms with Crippen LogP contribution in [0.25, 0.3) is 11.0 Å². The van der Waals surface area contributed by atoms with Gasteiger partial charge < -0.3 is 9.30 Å². The first-order valence-corrected chi connectivity index (χ1v) is 6.71. The van der Waals surface area contributed by atoms with Gasteiger partial charge in [0.25, 0.3) is 0 Å². The highest BCUT2D eigenvalue weighted by Crippen LogP contribution is 2.19. The van der Waals surface area contributed by atoms with Crippen LogP contribution in [0.5, 0.6) is 0 Å². The lowest BCUT2D eigenvalue weighted by atomic mass is 10.2. The zero-order valence-corrected chi connectivity index (χ0v) is 11.8. The van der Waals surface area contributed by atoms with Crippen molar-refractivity contribution in [2.24, 2.45) is 0 Å². The quantitative estimate of drug-likeness (QED) is 0.790. The summed E-state index contributed by atoms with van der Waals surface area (Å²) in [6, 6.07) is 7.68. The summed E-state index contributed by atoms with van der Waals surface area (Å²) in [5.74, 6) is 1.46. The summed E-state index contributed by atoms with van der Waals surface area (Å²) >= 11 is 5.83. The summed E-state index contributed by atoms with van der Waals surface area (Å²) in [6.07, 6.45) is 0.784. The van der Waals surface area contributed by atoms with Gasteiger partial charge in [-0.1, -0.05) is 0 Å². The van der Waals surface area contributed by atoms with Crippen molar-refractivity contribution in [1.82, 2.24) is 9.55 Å². The van der Waals surface area contributed by atoms with Gasteiger partial charge in [-0.15, -0.1) is 11.6 Å². The molecule has 1 heterocycles. The molecular weight excluding hydrogens is 262 g/mol. The van der Waals surface area contributed by atoms with Crippen LogP contribution in [0.2, 0.25) is 0 Å². The molecule has 2 aromatic rings. The number of alkyl halides is 1. The molecule has 0 N–H and O–H groups in total. The fourth-order valence-electron chi connectivity index (χ4n) is 2.05. The van der Waals surface area contributed by atoms with E-state index >= 15 is 0 Å². The van der Waals surface area contributed by atoms with Crippen molar-refractivity contribution in [3.63, 3.8) is 0 Å². The maximum atomic E-state index is 9.00. The summed E-state index contributed by atoms with van der Waals surface area (Å²) in [7, 11) is 1.69. The van der Waals surface area contributed by atoms with E-state index in [1.165, 1.54) is 0 Å². The molecule has 0 aliphatic carbocycles. The molecule has 0 saturated heterocycles. The van der Waals surface area contributed by atoms with E-state index in [0.717, 1.165) is 16.9 Å². The lowest BCUT2D eigenvalue weighted by Gasteiger charge is -2.13. The maximum absolute atomic E-state index is 9.00. The molecule has 1 atom stereocenters. The van der Waals surface area contributed by atoms with E-state index < -0.39 is 0 Å². The molecule has 0 fully saturated rings. The maximum Gasteiger partial charge on any atom is 0.111 e. The molecule has 0 aliphatic heterocycles. The molecule has 1 aromatic heterocycles. The van der Waals surface area contributed by atoms with Crippen LogP contribution >= 0.6 is 11.6 Å². The highest BCUT2D eigenvalue weighted by atomic mass is 35.5. The number of nitrogens with zero attached hydrogens (tertiary/aromatic N) is 3. The summed E-state index contributed by atoms with van der Waals surface area (Å²) in [5.41, 5.74) is 2.49. The second-order valence-electron chi connectivity index (χ2n) is 4.44. The second kappa shape index (κ2) is 6.05.